The van der Waals surface area contributed by atoms with Gasteiger partial charge in [0.1, 0.15) is 17.2 Å². The van der Waals surface area contributed by atoms with Crippen LogP contribution in [0.25, 0.3) is 17.0 Å². The lowest BCUT2D eigenvalue weighted by Crippen LogP contribution is -1.93. The highest BCUT2D eigenvalue weighted by atomic mass is 16.5. The van der Waals surface area contributed by atoms with Gasteiger partial charge in [-0.2, -0.15) is 0 Å². The molecule has 0 bridgehead atoms. The van der Waals surface area contributed by atoms with Gasteiger partial charge in [-0.15, -0.1) is 0 Å². The number of aromatic amines is 2. The van der Waals surface area contributed by atoms with Gasteiger partial charge in [0.2, 0.25) is 0 Å². The number of nitrogens with one attached hydrogen (secondary N) is 2. The fraction of sp³-hybridized carbons (Fsp3) is 0.105. The number of aromatic nitrogens is 2. The molecule has 0 radical (unpaired) electrons. The third-order valence-corrected chi connectivity index (χ3v) is 4.03. The van der Waals surface area contributed by atoms with E-state index in [2.05, 4.69) is 28.2 Å². The van der Waals surface area contributed by atoms with Crippen molar-refractivity contribution in [2.75, 3.05) is 14.2 Å². The van der Waals surface area contributed by atoms with E-state index < -0.39 is 0 Å². The van der Waals surface area contributed by atoms with Gasteiger partial charge in [0.25, 0.3) is 0 Å². The van der Waals surface area contributed by atoms with Crippen molar-refractivity contribution < 1.29 is 9.47 Å². The molecule has 0 aliphatic carbocycles. The minimum atomic E-state index is 0.723. The number of H-pyrrole nitrogens is 2. The van der Waals surface area contributed by atoms with E-state index in [9.17, 15) is 0 Å². The topological polar surface area (TPSA) is 62.4 Å². The molecule has 1 aliphatic heterocycles. The SMILES string of the molecule is COC1=CC(c2cc3ccccc3[nH]2)=N/C1=C\c1[nH]ccc1OC. The zero-order chi connectivity index (χ0) is 16.5. The molecular weight excluding hydrogens is 302 g/mol. The summed E-state index contributed by atoms with van der Waals surface area (Å²) in [6, 6.07) is 12.1. The maximum Gasteiger partial charge on any atom is 0.146 e. The van der Waals surface area contributed by atoms with E-state index in [0.717, 1.165) is 45.2 Å². The molecule has 5 nitrogen and oxygen atoms in total. The molecule has 2 N–H and O–H groups in total. The van der Waals surface area contributed by atoms with Crippen LogP contribution in [-0.2, 0) is 4.74 Å². The Morgan fingerprint density at radius 1 is 1.08 bits per heavy atom. The van der Waals surface area contributed by atoms with Gasteiger partial charge in [-0.25, -0.2) is 4.99 Å². The van der Waals surface area contributed by atoms with E-state index in [1.54, 1.807) is 14.2 Å². The van der Waals surface area contributed by atoms with E-state index in [0.29, 0.717) is 0 Å². The highest BCUT2D eigenvalue weighted by Gasteiger charge is 2.18. The second-order valence-corrected chi connectivity index (χ2v) is 5.47. The number of benzene rings is 1. The van der Waals surface area contributed by atoms with E-state index in [1.165, 1.54) is 0 Å². The van der Waals surface area contributed by atoms with E-state index in [1.807, 2.05) is 36.5 Å². The van der Waals surface area contributed by atoms with Crippen molar-refractivity contribution in [1.29, 1.82) is 0 Å². The summed E-state index contributed by atoms with van der Waals surface area (Å²) in [6.45, 7) is 0. The van der Waals surface area contributed by atoms with E-state index >= 15 is 0 Å². The van der Waals surface area contributed by atoms with Crippen LogP contribution >= 0.6 is 0 Å². The molecule has 0 spiro atoms. The number of allylic oxidation sites excluding steroid dienone is 1. The minimum absolute atomic E-state index is 0.723. The van der Waals surface area contributed by atoms with Crippen LogP contribution in [0.2, 0.25) is 0 Å². The summed E-state index contributed by atoms with van der Waals surface area (Å²) in [5.74, 6) is 1.49. The molecule has 120 valence electrons. The first kappa shape index (κ1) is 14.4. The number of para-hydroxylation sites is 1. The molecule has 3 aromatic rings. The minimum Gasteiger partial charge on any atom is -0.495 e. The Bertz CT molecular complexity index is 956. The van der Waals surface area contributed by atoms with Crippen LogP contribution in [0, 0.1) is 0 Å². The largest absolute Gasteiger partial charge is 0.495 e. The van der Waals surface area contributed by atoms with Crippen LogP contribution in [0.5, 0.6) is 5.75 Å². The Morgan fingerprint density at radius 2 is 1.96 bits per heavy atom. The zero-order valence-electron chi connectivity index (χ0n) is 13.5. The van der Waals surface area contributed by atoms with Gasteiger partial charge in [0.05, 0.1) is 31.3 Å². The summed E-state index contributed by atoms with van der Waals surface area (Å²) in [5, 5.41) is 1.16. The lowest BCUT2D eigenvalue weighted by Gasteiger charge is -2.02. The van der Waals surface area contributed by atoms with Crippen molar-refractivity contribution in [3.8, 4) is 5.75 Å². The average Bonchev–Trinajstić information content (AvgIpc) is 3.32. The molecule has 0 saturated heterocycles. The van der Waals surface area contributed by atoms with Gasteiger partial charge in [0.15, 0.2) is 0 Å². The third kappa shape index (κ3) is 2.40. The Balaban J connectivity index is 1.76. The molecule has 3 heterocycles. The van der Waals surface area contributed by atoms with Crippen molar-refractivity contribution in [2.24, 2.45) is 4.99 Å². The van der Waals surface area contributed by atoms with Crippen molar-refractivity contribution in [2.45, 2.75) is 0 Å². The van der Waals surface area contributed by atoms with Crippen LogP contribution in [0.15, 0.2) is 65.1 Å². The molecular formula is C19H17N3O2. The number of fused-ring (bicyclic) bond motifs is 1. The van der Waals surface area contributed by atoms with E-state index in [4.69, 9.17) is 14.5 Å². The molecule has 0 atom stereocenters. The standard InChI is InChI=1S/C19H17N3O2/c1-23-18-7-8-20-16(18)10-17-19(24-2)11-15(22-17)14-9-12-5-3-4-6-13(12)21-14/h3-11,20-21H,1-2H3/b17-10-. The Hall–Kier alpha value is -3.21. The predicted octanol–water partition coefficient (Wildman–Crippen LogP) is 3.88. The molecule has 1 aromatic carbocycles. The van der Waals surface area contributed by atoms with Crippen LogP contribution in [0.1, 0.15) is 11.4 Å². The first-order chi connectivity index (χ1) is 11.8. The summed E-state index contributed by atoms with van der Waals surface area (Å²) >= 11 is 0. The molecule has 1 aliphatic rings. The number of rotatable bonds is 4. The molecule has 5 heteroatoms. The fourth-order valence-corrected chi connectivity index (χ4v) is 2.83. The Labute approximate surface area is 139 Å². The molecule has 24 heavy (non-hydrogen) atoms. The Kier molecular flexibility index (Phi) is 3.46. The fourth-order valence-electron chi connectivity index (χ4n) is 2.83. The van der Waals surface area contributed by atoms with Crippen LogP contribution in [0.3, 0.4) is 0 Å². The summed E-state index contributed by atoms with van der Waals surface area (Å²) < 4.78 is 10.8. The summed E-state index contributed by atoms with van der Waals surface area (Å²) in [6.07, 6.45) is 5.69. The predicted molar refractivity (Wildman–Crippen MR) is 95.2 cm³/mol. The lowest BCUT2D eigenvalue weighted by molar-refractivity contribution is 0.303. The van der Waals surface area contributed by atoms with Crippen molar-refractivity contribution in [3.63, 3.8) is 0 Å². The molecule has 2 aromatic heterocycles. The number of nitrogens with zero attached hydrogens (tertiary/aromatic N) is 1. The normalized spacial score (nSPS) is 15.7. The van der Waals surface area contributed by atoms with E-state index in [-0.39, 0.29) is 0 Å². The van der Waals surface area contributed by atoms with Crippen molar-refractivity contribution in [3.05, 3.63) is 71.5 Å². The van der Waals surface area contributed by atoms with Gasteiger partial charge in [0, 0.05) is 23.2 Å². The summed E-state index contributed by atoms with van der Waals surface area (Å²) in [4.78, 5) is 11.2. The molecule has 0 fully saturated rings. The van der Waals surface area contributed by atoms with Gasteiger partial charge in [-0.3, -0.25) is 0 Å². The zero-order valence-corrected chi connectivity index (χ0v) is 13.5. The number of hydrogen-bond donors (Lipinski definition) is 2. The number of aliphatic imine (C=N–C) groups is 1. The number of hydrogen-bond acceptors (Lipinski definition) is 3. The average molecular weight is 319 g/mol. The van der Waals surface area contributed by atoms with Crippen molar-refractivity contribution in [1.82, 2.24) is 9.97 Å². The lowest BCUT2D eigenvalue weighted by atomic mass is 10.2. The number of methoxy groups -OCH3 is 2. The second-order valence-electron chi connectivity index (χ2n) is 5.47. The van der Waals surface area contributed by atoms with Gasteiger partial charge < -0.3 is 19.4 Å². The summed E-state index contributed by atoms with van der Waals surface area (Å²) in [7, 11) is 3.29. The van der Waals surface area contributed by atoms with Crippen LogP contribution in [-0.4, -0.2) is 29.9 Å². The molecule has 0 amide bonds. The number of ether oxygens (including phenoxy) is 2. The first-order valence-corrected chi connectivity index (χ1v) is 7.64. The van der Waals surface area contributed by atoms with Crippen LogP contribution in [0.4, 0.5) is 0 Å². The van der Waals surface area contributed by atoms with Gasteiger partial charge in [-0.05, 0) is 24.3 Å². The van der Waals surface area contributed by atoms with Crippen molar-refractivity contribution >= 4 is 22.7 Å². The maximum absolute atomic E-state index is 5.48. The highest BCUT2D eigenvalue weighted by molar-refractivity contribution is 6.13. The quantitative estimate of drug-likeness (QED) is 0.766. The second kappa shape index (κ2) is 5.77. The molecule has 0 unspecified atom stereocenters. The maximum atomic E-state index is 5.48. The monoisotopic (exact) mass is 319 g/mol. The summed E-state index contributed by atoms with van der Waals surface area (Å²) in [5.41, 5.74) is 4.52. The van der Waals surface area contributed by atoms with Gasteiger partial charge >= 0.3 is 0 Å². The van der Waals surface area contributed by atoms with Crippen LogP contribution < -0.4 is 4.74 Å². The first-order valence-electron chi connectivity index (χ1n) is 7.64. The third-order valence-electron chi connectivity index (χ3n) is 4.03. The highest BCUT2D eigenvalue weighted by Crippen LogP contribution is 2.28. The molecule has 0 saturated carbocycles. The van der Waals surface area contributed by atoms with Gasteiger partial charge in [-0.1, -0.05) is 18.2 Å². The Morgan fingerprint density at radius 3 is 2.75 bits per heavy atom. The molecule has 4 rings (SSSR count). The smallest absolute Gasteiger partial charge is 0.146 e.